The van der Waals surface area contributed by atoms with Gasteiger partial charge in [0.15, 0.2) is 4.80 Å². The lowest BCUT2D eigenvalue weighted by Gasteiger charge is -2.10. The number of amides is 3. The smallest absolute Gasteiger partial charge is 0.337 e. The molecule has 0 radical (unpaired) electrons. The van der Waals surface area contributed by atoms with Crippen LogP contribution in [0, 0.1) is 0 Å². The zero-order valence-electron chi connectivity index (χ0n) is 18.1. The van der Waals surface area contributed by atoms with Gasteiger partial charge < -0.3 is 14.0 Å². The predicted molar refractivity (Wildman–Crippen MR) is 120 cm³/mol. The molecule has 10 heteroatoms. The monoisotopic (exact) mass is 467 g/mol. The van der Waals surface area contributed by atoms with Crippen molar-refractivity contribution in [3.63, 3.8) is 0 Å². The van der Waals surface area contributed by atoms with Crippen LogP contribution in [0.4, 0.5) is 0 Å². The second-order valence-corrected chi connectivity index (χ2v) is 8.16. The van der Waals surface area contributed by atoms with Crippen LogP contribution in [0.2, 0.25) is 0 Å². The molecule has 2 heterocycles. The standard InChI is InChI=1S/C23H21N3O6S/c1-3-32-11-10-25-17-9-8-14(22(30)31-2)12-18(17)33-23(25)24-19(27)13-26-20(28)15-6-4-5-7-16(15)21(26)29/h4-9,12H,3,10-11,13H2,1-2H3. The van der Waals surface area contributed by atoms with E-state index in [-0.39, 0.29) is 11.1 Å². The maximum atomic E-state index is 12.8. The third kappa shape index (κ3) is 4.35. The molecular weight excluding hydrogens is 446 g/mol. The van der Waals surface area contributed by atoms with E-state index in [4.69, 9.17) is 9.47 Å². The Kier molecular flexibility index (Phi) is 6.47. The Bertz CT molecular complexity index is 1300. The van der Waals surface area contributed by atoms with Gasteiger partial charge in [-0.15, -0.1) is 0 Å². The van der Waals surface area contributed by atoms with E-state index in [2.05, 4.69) is 4.99 Å². The number of methoxy groups -OCH3 is 1. The van der Waals surface area contributed by atoms with Crippen molar-refractivity contribution in [2.24, 2.45) is 4.99 Å². The fraction of sp³-hybridized carbons (Fsp3) is 0.261. The van der Waals surface area contributed by atoms with Crippen LogP contribution < -0.4 is 4.80 Å². The average molecular weight is 468 g/mol. The lowest BCUT2D eigenvalue weighted by atomic mass is 10.1. The van der Waals surface area contributed by atoms with E-state index in [0.717, 1.165) is 15.1 Å². The topological polar surface area (TPSA) is 107 Å². The Morgan fingerprint density at radius 3 is 2.39 bits per heavy atom. The molecule has 0 fully saturated rings. The van der Waals surface area contributed by atoms with Crippen molar-refractivity contribution >= 4 is 45.2 Å². The maximum absolute atomic E-state index is 12.8. The zero-order chi connectivity index (χ0) is 23.5. The number of thiazole rings is 1. The zero-order valence-corrected chi connectivity index (χ0v) is 18.9. The first kappa shape index (κ1) is 22.6. The molecule has 2 aromatic carbocycles. The van der Waals surface area contributed by atoms with Gasteiger partial charge in [0.2, 0.25) is 0 Å². The molecule has 0 aliphatic carbocycles. The molecule has 0 spiro atoms. The third-order valence-corrected chi connectivity index (χ3v) is 6.20. The lowest BCUT2D eigenvalue weighted by molar-refractivity contribution is -0.118. The molecule has 0 unspecified atom stereocenters. The Labute approximate surface area is 192 Å². The van der Waals surface area contributed by atoms with Gasteiger partial charge in [-0.1, -0.05) is 23.5 Å². The number of aromatic nitrogens is 1. The molecule has 4 rings (SSSR count). The number of carbonyl (C=O) groups is 4. The molecule has 3 aromatic rings. The van der Waals surface area contributed by atoms with Crippen molar-refractivity contribution in [1.29, 1.82) is 0 Å². The summed E-state index contributed by atoms with van der Waals surface area (Å²) >= 11 is 1.22. The molecular formula is C23H21N3O6S. The first-order valence-corrected chi connectivity index (χ1v) is 11.1. The minimum absolute atomic E-state index is 0.277. The number of imide groups is 1. The summed E-state index contributed by atoms with van der Waals surface area (Å²) < 4.78 is 12.8. The quantitative estimate of drug-likeness (QED) is 0.300. The molecule has 3 amide bonds. The lowest BCUT2D eigenvalue weighted by Crippen LogP contribution is -2.35. The molecule has 1 aromatic heterocycles. The Hall–Kier alpha value is -3.63. The number of hydrogen-bond acceptors (Lipinski definition) is 7. The van der Waals surface area contributed by atoms with Crippen molar-refractivity contribution < 1.29 is 28.7 Å². The average Bonchev–Trinajstić information content (AvgIpc) is 3.28. The fourth-order valence-corrected chi connectivity index (χ4v) is 4.69. The van der Waals surface area contributed by atoms with Gasteiger partial charge in [-0.2, -0.15) is 4.99 Å². The van der Waals surface area contributed by atoms with Crippen LogP contribution >= 0.6 is 11.3 Å². The predicted octanol–water partition coefficient (Wildman–Crippen LogP) is 2.25. The molecule has 9 nitrogen and oxygen atoms in total. The van der Waals surface area contributed by atoms with Gasteiger partial charge in [-0.05, 0) is 37.3 Å². The molecule has 0 saturated heterocycles. The first-order valence-electron chi connectivity index (χ1n) is 10.3. The van der Waals surface area contributed by atoms with Gasteiger partial charge in [0, 0.05) is 13.2 Å². The molecule has 0 saturated carbocycles. The summed E-state index contributed by atoms with van der Waals surface area (Å²) in [5.74, 6) is -2.12. The van der Waals surface area contributed by atoms with Crippen molar-refractivity contribution in [2.75, 3.05) is 26.9 Å². The summed E-state index contributed by atoms with van der Waals surface area (Å²) in [5, 5.41) is 0. The van der Waals surface area contributed by atoms with E-state index in [1.807, 2.05) is 11.5 Å². The molecule has 0 bridgehead atoms. The van der Waals surface area contributed by atoms with Crippen LogP contribution in [0.1, 0.15) is 38.0 Å². The Morgan fingerprint density at radius 2 is 1.76 bits per heavy atom. The van der Waals surface area contributed by atoms with Gasteiger partial charge in [0.25, 0.3) is 17.7 Å². The number of rotatable bonds is 7. The summed E-state index contributed by atoms with van der Waals surface area (Å²) in [6, 6.07) is 11.5. The molecule has 0 N–H and O–H groups in total. The van der Waals surface area contributed by atoms with E-state index in [0.29, 0.717) is 30.1 Å². The van der Waals surface area contributed by atoms with Gasteiger partial charge in [-0.25, -0.2) is 4.79 Å². The number of carbonyl (C=O) groups excluding carboxylic acids is 4. The molecule has 170 valence electrons. The summed E-state index contributed by atoms with van der Waals surface area (Å²) in [5.41, 5.74) is 1.71. The largest absolute Gasteiger partial charge is 0.465 e. The van der Waals surface area contributed by atoms with Gasteiger partial charge in [0.1, 0.15) is 6.54 Å². The molecule has 0 atom stereocenters. The third-order valence-electron chi connectivity index (χ3n) is 5.16. The number of esters is 1. The molecule has 1 aliphatic heterocycles. The SMILES string of the molecule is CCOCCn1c(=NC(=O)CN2C(=O)c3ccccc3C2=O)sc2cc(C(=O)OC)ccc21. The summed E-state index contributed by atoms with van der Waals surface area (Å²) in [4.78, 5) is 55.3. The first-order chi connectivity index (χ1) is 15.9. The highest BCUT2D eigenvalue weighted by Crippen LogP contribution is 2.23. The number of fused-ring (bicyclic) bond motifs is 2. The van der Waals surface area contributed by atoms with E-state index in [9.17, 15) is 19.2 Å². The van der Waals surface area contributed by atoms with Crippen molar-refractivity contribution in [1.82, 2.24) is 9.47 Å². The van der Waals surface area contributed by atoms with Crippen LogP contribution in [-0.2, 0) is 20.8 Å². The summed E-state index contributed by atoms with van der Waals surface area (Å²) in [7, 11) is 1.31. The normalized spacial score (nSPS) is 13.6. The van der Waals surface area contributed by atoms with E-state index >= 15 is 0 Å². The van der Waals surface area contributed by atoms with E-state index in [1.54, 1.807) is 42.5 Å². The maximum Gasteiger partial charge on any atom is 0.337 e. The highest BCUT2D eigenvalue weighted by Gasteiger charge is 2.36. The molecule has 33 heavy (non-hydrogen) atoms. The van der Waals surface area contributed by atoms with Crippen LogP contribution in [0.25, 0.3) is 10.2 Å². The van der Waals surface area contributed by atoms with E-state index < -0.39 is 30.2 Å². The van der Waals surface area contributed by atoms with Crippen LogP contribution in [-0.4, -0.2) is 60.0 Å². The highest BCUT2D eigenvalue weighted by molar-refractivity contribution is 7.16. The Balaban J connectivity index is 1.67. The second kappa shape index (κ2) is 9.47. The van der Waals surface area contributed by atoms with Crippen molar-refractivity contribution in [3.8, 4) is 0 Å². The van der Waals surface area contributed by atoms with Crippen LogP contribution in [0.5, 0.6) is 0 Å². The number of benzene rings is 2. The second-order valence-electron chi connectivity index (χ2n) is 7.15. The van der Waals surface area contributed by atoms with Crippen molar-refractivity contribution in [3.05, 3.63) is 64.0 Å². The van der Waals surface area contributed by atoms with E-state index in [1.165, 1.54) is 18.4 Å². The van der Waals surface area contributed by atoms with Gasteiger partial charge in [-0.3, -0.25) is 19.3 Å². The van der Waals surface area contributed by atoms with Crippen LogP contribution in [0.15, 0.2) is 47.5 Å². The molecule has 1 aliphatic rings. The number of ether oxygens (including phenoxy) is 2. The summed E-state index contributed by atoms with van der Waals surface area (Å²) in [6.07, 6.45) is 0. The number of hydrogen-bond donors (Lipinski definition) is 0. The highest BCUT2D eigenvalue weighted by atomic mass is 32.1. The fourth-order valence-electron chi connectivity index (χ4n) is 3.58. The van der Waals surface area contributed by atoms with Crippen LogP contribution in [0.3, 0.4) is 0 Å². The number of nitrogens with zero attached hydrogens (tertiary/aromatic N) is 3. The summed E-state index contributed by atoms with van der Waals surface area (Å²) in [6.45, 7) is 2.81. The van der Waals surface area contributed by atoms with Gasteiger partial charge in [0.05, 0.1) is 40.6 Å². The minimum Gasteiger partial charge on any atom is -0.465 e. The van der Waals surface area contributed by atoms with Gasteiger partial charge >= 0.3 is 5.97 Å². The Morgan fingerprint density at radius 1 is 1.06 bits per heavy atom. The minimum atomic E-state index is -0.630. The van der Waals surface area contributed by atoms with Crippen molar-refractivity contribution in [2.45, 2.75) is 13.5 Å².